The maximum absolute atomic E-state index is 12.5. The number of hydrogen-bond acceptors (Lipinski definition) is 8. The van der Waals surface area contributed by atoms with Crippen molar-refractivity contribution in [2.24, 2.45) is 0 Å². The number of para-hydroxylation sites is 2. The lowest BCUT2D eigenvalue weighted by molar-refractivity contribution is -0.118. The molecule has 0 saturated heterocycles. The molecule has 8 nitrogen and oxygen atoms in total. The Morgan fingerprint density at radius 3 is 2.67 bits per heavy atom. The first-order chi connectivity index (χ1) is 19.0. The number of aromatic nitrogens is 1. The summed E-state index contributed by atoms with van der Waals surface area (Å²) in [5.74, 6) is 0.483. The van der Waals surface area contributed by atoms with Crippen LogP contribution in [0.1, 0.15) is 10.6 Å². The van der Waals surface area contributed by atoms with E-state index in [0.29, 0.717) is 50.2 Å². The number of methoxy groups -OCH3 is 1. The van der Waals surface area contributed by atoms with Crippen LogP contribution in [0, 0.1) is 11.3 Å². The van der Waals surface area contributed by atoms with Crippen molar-refractivity contribution in [3.63, 3.8) is 0 Å². The van der Waals surface area contributed by atoms with Crippen molar-refractivity contribution in [1.82, 2.24) is 4.98 Å². The summed E-state index contributed by atoms with van der Waals surface area (Å²) in [7, 11) is 1.49. The Kier molecular flexibility index (Phi) is 7.48. The van der Waals surface area contributed by atoms with Gasteiger partial charge >= 0.3 is 5.63 Å². The average molecular weight is 536 g/mol. The van der Waals surface area contributed by atoms with Gasteiger partial charge in [-0.05, 0) is 48.0 Å². The quantitative estimate of drug-likeness (QED) is 0.191. The molecule has 0 atom stereocenters. The highest BCUT2D eigenvalue weighted by atomic mass is 32.1. The number of nitriles is 1. The number of nitrogens with one attached hydrogen (secondary N) is 1. The SMILES string of the molecule is COc1cc(C=C(C#N)c2nc(-c3cc4ccccc4oc3=O)cs2)ccc1OCC(=O)Nc1ccccc1. The second-order valence-electron chi connectivity index (χ2n) is 8.31. The van der Waals surface area contributed by atoms with Gasteiger partial charge in [0.15, 0.2) is 18.1 Å². The van der Waals surface area contributed by atoms with E-state index >= 15 is 0 Å². The second-order valence-corrected chi connectivity index (χ2v) is 9.16. The third-order valence-electron chi connectivity index (χ3n) is 5.69. The molecule has 2 heterocycles. The van der Waals surface area contributed by atoms with Crippen molar-refractivity contribution >= 4 is 45.5 Å². The van der Waals surface area contributed by atoms with E-state index in [1.54, 1.807) is 60.0 Å². The highest BCUT2D eigenvalue weighted by molar-refractivity contribution is 7.11. The summed E-state index contributed by atoms with van der Waals surface area (Å²) in [5.41, 5.74) is 2.43. The number of benzene rings is 3. The van der Waals surface area contributed by atoms with E-state index in [9.17, 15) is 14.9 Å². The third-order valence-corrected chi connectivity index (χ3v) is 6.56. The van der Waals surface area contributed by atoms with Gasteiger partial charge < -0.3 is 19.2 Å². The van der Waals surface area contributed by atoms with Crippen LogP contribution in [0.15, 0.2) is 93.5 Å². The Morgan fingerprint density at radius 1 is 1.08 bits per heavy atom. The van der Waals surface area contributed by atoms with Gasteiger partial charge in [0, 0.05) is 16.5 Å². The minimum absolute atomic E-state index is 0.200. The predicted molar refractivity (Wildman–Crippen MR) is 151 cm³/mol. The van der Waals surface area contributed by atoms with Gasteiger partial charge in [0.1, 0.15) is 16.7 Å². The number of thiazole rings is 1. The summed E-state index contributed by atoms with van der Waals surface area (Å²) in [4.78, 5) is 29.3. The number of ether oxygens (including phenoxy) is 2. The van der Waals surface area contributed by atoms with Crippen molar-refractivity contribution in [2.75, 3.05) is 19.0 Å². The van der Waals surface area contributed by atoms with E-state index in [-0.39, 0.29) is 12.5 Å². The molecule has 0 unspecified atom stereocenters. The molecule has 0 fully saturated rings. The normalized spacial score (nSPS) is 11.1. The minimum Gasteiger partial charge on any atom is -0.493 e. The molecule has 192 valence electrons. The highest BCUT2D eigenvalue weighted by Gasteiger charge is 2.15. The number of rotatable bonds is 8. The van der Waals surface area contributed by atoms with Gasteiger partial charge in [0.25, 0.3) is 5.91 Å². The monoisotopic (exact) mass is 535 g/mol. The fourth-order valence-electron chi connectivity index (χ4n) is 3.83. The number of nitrogens with zero attached hydrogens (tertiary/aromatic N) is 2. The van der Waals surface area contributed by atoms with E-state index in [0.717, 1.165) is 5.39 Å². The van der Waals surface area contributed by atoms with Gasteiger partial charge in [0.05, 0.1) is 23.9 Å². The number of anilines is 1. The topological polar surface area (TPSA) is 114 Å². The summed E-state index contributed by atoms with van der Waals surface area (Å²) in [6.45, 7) is -0.200. The lowest BCUT2D eigenvalue weighted by Gasteiger charge is -2.11. The van der Waals surface area contributed by atoms with Gasteiger partial charge in [-0.1, -0.05) is 42.5 Å². The van der Waals surface area contributed by atoms with Crippen molar-refractivity contribution in [3.8, 4) is 28.8 Å². The molecule has 9 heteroatoms. The first kappa shape index (κ1) is 25.4. The number of allylic oxidation sites excluding steroid dienone is 1. The number of carbonyl (C=O) groups excluding carboxylic acids is 1. The third kappa shape index (κ3) is 5.87. The fourth-order valence-corrected chi connectivity index (χ4v) is 4.61. The Balaban J connectivity index is 1.34. The van der Waals surface area contributed by atoms with Gasteiger partial charge in [0.2, 0.25) is 0 Å². The smallest absolute Gasteiger partial charge is 0.345 e. The highest BCUT2D eigenvalue weighted by Crippen LogP contribution is 2.31. The van der Waals surface area contributed by atoms with Crippen LogP contribution in [0.3, 0.4) is 0 Å². The Morgan fingerprint density at radius 2 is 1.87 bits per heavy atom. The van der Waals surface area contributed by atoms with E-state index in [1.807, 2.05) is 30.3 Å². The van der Waals surface area contributed by atoms with E-state index < -0.39 is 5.63 Å². The predicted octanol–water partition coefficient (Wildman–Crippen LogP) is 6.01. The fraction of sp³-hybridized carbons (Fsp3) is 0.0667. The molecule has 0 aliphatic carbocycles. The first-order valence-electron chi connectivity index (χ1n) is 11.8. The van der Waals surface area contributed by atoms with Gasteiger partial charge in [-0.3, -0.25) is 4.79 Å². The van der Waals surface area contributed by atoms with Crippen molar-refractivity contribution in [1.29, 1.82) is 5.26 Å². The van der Waals surface area contributed by atoms with E-state index in [1.165, 1.54) is 18.4 Å². The van der Waals surface area contributed by atoms with Gasteiger partial charge in [-0.15, -0.1) is 11.3 Å². The maximum atomic E-state index is 12.5. The number of amides is 1. The summed E-state index contributed by atoms with van der Waals surface area (Å²) in [5, 5.41) is 15.5. The van der Waals surface area contributed by atoms with Gasteiger partial charge in [-0.25, -0.2) is 9.78 Å². The maximum Gasteiger partial charge on any atom is 0.345 e. The van der Waals surface area contributed by atoms with Crippen LogP contribution in [0.5, 0.6) is 11.5 Å². The first-order valence-corrected chi connectivity index (χ1v) is 12.7. The molecule has 0 aliphatic heterocycles. The Labute approximate surface area is 227 Å². The summed E-state index contributed by atoms with van der Waals surface area (Å²) >= 11 is 1.25. The number of carbonyl (C=O) groups is 1. The Hall–Kier alpha value is -5.20. The molecule has 0 spiro atoms. The molecule has 0 aliphatic rings. The van der Waals surface area contributed by atoms with Crippen LogP contribution >= 0.6 is 11.3 Å². The molecule has 0 bridgehead atoms. The van der Waals surface area contributed by atoms with Crippen molar-refractivity contribution < 1.29 is 18.7 Å². The summed E-state index contributed by atoms with van der Waals surface area (Å²) in [6, 6.07) is 25.4. The molecule has 1 amide bonds. The number of fused-ring (bicyclic) bond motifs is 1. The van der Waals surface area contributed by atoms with Gasteiger partial charge in [-0.2, -0.15) is 5.26 Å². The molecule has 2 aromatic heterocycles. The largest absolute Gasteiger partial charge is 0.493 e. The molecule has 39 heavy (non-hydrogen) atoms. The zero-order valence-corrected chi connectivity index (χ0v) is 21.5. The van der Waals surface area contributed by atoms with Crippen LogP contribution in [-0.4, -0.2) is 24.6 Å². The Bertz CT molecular complexity index is 1780. The molecule has 3 aromatic carbocycles. The lowest BCUT2D eigenvalue weighted by Crippen LogP contribution is -2.20. The zero-order valence-electron chi connectivity index (χ0n) is 20.7. The van der Waals surface area contributed by atoms with Crippen molar-refractivity contribution in [3.05, 3.63) is 105 Å². The molecule has 5 aromatic rings. The van der Waals surface area contributed by atoms with Crippen LogP contribution in [0.25, 0.3) is 33.9 Å². The van der Waals surface area contributed by atoms with E-state index in [2.05, 4.69) is 16.4 Å². The molecule has 0 saturated carbocycles. The summed E-state index contributed by atoms with van der Waals surface area (Å²) < 4.78 is 16.5. The molecule has 5 rings (SSSR count). The second kappa shape index (κ2) is 11.5. The molecular weight excluding hydrogens is 514 g/mol. The minimum atomic E-state index is -0.495. The molecule has 1 N–H and O–H groups in total. The van der Waals surface area contributed by atoms with Crippen LogP contribution in [0.2, 0.25) is 0 Å². The van der Waals surface area contributed by atoms with Crippen molar-refractivity contribution in [2.45, 2.75) is 0 Å². The zero-order chi connectivity index (χ0) is 27.2. The average Bonchev–Trinajstić information content (AvgIpc) is 3.45. The van der Waals surface area contributed by atoms with Crippen LogP contribution in [0.4, 0.5) is 5.69 Å². The van der Waals surface area contributed by atoms with Crippen LogP contribution in [-0.2, 0) is 4.79 Å². The standard InChI is InChI=1S/C30H21N3O5S/c1-36-27-14-19(11-12-26(27)37-17-28(34)32-22-8-3-2-4-9-22)13-21(16-31)29-33-24(18-39-29)23-15-20-7-5-6-10-25(20)38-30(23)35/h2-15,18H,17H2,1H3,(H,32,34). The summed E-state index contributed by atoms with van der Waals surface area (Å²) in [6.07, 6.45) is 1.67. The lowest BCUT2D eigenvalue weighted by atomic mass is 10.1. The van der Waals surface area contributed by atoms with Crippen LogP contribution < -0.4 is 20.4 Å². The van der Waals surface area contributed by atoms with E-state index in [4.69, 9.17) is 13.9 Å². The molecule has 0 radical (unpaired) electrons. The number of hydrogen-bond donors (Lipinski definition) is 1. The molecular formula is C30H21N3O5S.